The Kier molecular flexibility index (Phi) is 5.03. The minimum absolute atomic E-state index is 0.158. The average Bonchev–Trinajstić information content (AvgIpc) is 2.48. The van der Waals surface area contributed by atoms with E-state index in [2.05, 4.69) is 58.7 Å². The molecule has 1 nitrogen and oxygen atoms in total. The fraction of sp³-hybridized carbons (Fsp3) is 0.381. The van der Waals surface area contributed by atoms with Gasteiger partial charge in [0.15, 0.2) is 12.0 Å². The lowest BCUT2D eigenvalue weighted by Crippen LogP contribution is -2.34. The monoisotopic (exact) mass is 312 g/mol. The predicted octanol–water partition coefficient (Wildman–Crippen LogP) is 5.69. The lowest BCUT2D eigenvalue weighted by molar-refractivity contribution is -0.598. The Bertz CT molecular complexity index is 742. The molecule has 0 amide bonds. The van der Waals surface area contributed by atoms with E-state index in [-0.39, 0.29) is 11.7 Å². The molecule has 0 bridgehead atoms. The van der Waals surface area contributed by atoms with Crippen LogP contribution in [0.15, 0.2) is 37.2 Å². The molecule has 1 heterocycles. The van der Waals surface area contributed by atoms with E-state index >= 15 is 0 Å². The molecular formula is C21H27FN+. The van der Waals surface area contributed by atoms with Gasteiger partial charge in [0, 0.05) is 22.8 Å². The molecule has 2 rings (SSSR count). The number of halogens is 1. The van der Waals surface area contributed by atoms with Gasteiger partial charge in [0.1, 0.15) is 0 Å². The molecule has 0 spiro atoms. The van der Waals surface area contributed by atoms with Crippen molar-refractivity contribution in [2.45, 2.75) is 53.4 Å². The molecule has 1 aromatic heterocycles. The molecule has 0 aliphatic heterocycles. The van der Waals surface area contributed by atoms with E-state index in [1.807, 2.05) is 18.4 Å². The third-order valence-electron chi connectivity index (χ3n) is 4.36. The summed E-state index contributed by atoms with van der Waals surface area (Å²) in [4.78, 5) is 0. The third kappa shape index (κ3) is 3.52. The van der Waals surface area contributed by atoms with Gasteiger partial charge in [0.05, 0.1) is 0 Å². The number of nitrogens with zero attached hydrogens (tertiary/aromatic N) is 1. The Hall–Kier alpha value is -1.96. The minimum atomic E-state index is -0.158. The van der Waals surface area contributed by atoms with Crippen LogP contribution in [0.2, 0.25) is 0 Å². The van der Waals surface area contributed by atoms with Crippen LogP contribution in [0, 0.1) is 12.7 Å². The first-order valence-corrected chi connectivity index (χ1v) is 8.23. The molecule has 0 saturated heterocycles. The van der Waals surface area contributed by atoms with Gasteiger partial charge in [-0.1, -0.05) is 39.8 Å². The van der Waals surface area contributed by atoms with Crippen molar-refractivity contribution >= 4 is 5.57 Å². The highest BCUT2D eigenvalue weighted by Gasteiger charge is 2.21. The van der Waals surface area contributed by atoms with Gasteiger partial charge >= 0.3 is 0 Å². The zero-order valence-electron chi connectivity index (χ0n) is 15.1. The Morgan fingerprint density at radius 2 is 1.65 bits per heavy atom. The topological polar surface area (TPSA) is 3.88 Å². The maximum atomic E-state index is 14.4. The number of hydrogen-bond donors (Lipinski definition) is 0. The number of rotatable bonds is 4. The van der Waals surface area contributed by atoms with Crippen molar-refractivity contribution in [3.05, 3.63) is 65.2 Å². The van der Waals surface area contributed by atoms with Gasteiger partial charge in [-0.2, -0.15) is 4.57 Å². The van der Waals surface area contributed by atoms with Crippen molar-refractivity contribution in [1.82, 2.24) is 0 Å². The van der Waals surface area contributed by atoms with E-state index in [0.717, 1.165) is 28.0 Å². The molecule has 0 N–H and O–H groups in total. The van der Waals surface area contributed by atoms with Crippen LogP contribution in [0.4, 0.5) is 4.39 Å². The zero-order chi connectivity index (χ0) is 17.3. The second kappa shape index (κ2) is 6.66. The van der Waals surface area contributed by atoms with E-state index in [4.69, 9.17) is 0 Å². The summed E-state index contributed by atoms with van der Waals surface area (Å²) >= 11 is 0. The molecular weight excluding hydrogens is 285 g/mol. The maximum Gasteiger partial charge on any atom is 0.214 e. The van der Waals surface area contributed by atoms with Crippen molar-refractivity contribution in [3.8, 4) is 5.69 Å². The van der Waals surface area contributed by atoms with Crippen molar-refractivity contribution in [2.75, 3.05) is 0 Å². The predicted molar refractivity (Wildman–Crippen MR) is 95.6 cm³/mol. The number of pyridine rings is 1. The van der Waals surface area contributed by atoms with Crippen molar-refractivity contribution in [1.29, 1.82) is 0 Å². The molecule has 0 saturated carbocycles. The van der Waals surface area contributed by atoms with E-state index in [1.54, 1.807) is 6.20 Å². The van der Waals surface area contributed by atoms with E-state index in [9.17, 15) is 4.39 Å². The highest BCUT2D eigenvalue weighted by atomic mass is 19.1. The molecule has 0 aliphatic rings. The Labute approximate surface area is 139 Å². The number of allylic oxidation sites excluding steroid dienone is 1. The van der Waals surface area contributed by atoms with Crippen LogP contribution in [0.3, 0.4) is 0 Å². The molecule has 0 radical (unpaired) electrons. The van der Waals surface area contributed by atoms with Gasteiger partial charge in [-0.05, 0) is 43.4 Å². The van der Waals surface area contributed by atoms with Crippen LogP contribution in [-0.2, 0) is 0 Å². The van der Waals surface area contributed by atoms with Crippen molar-refractivity contribution < 1.29 is 8.96 Å². The second-order valence-electron chi connectivity index (χ2n) is 6.96. The maximum absolute atomic E-state index is 14.4. The second-order valence-corrected chi connectivity index (χ2v) is 6.96. The minimum Gasteiger partial charge on any atom is -0.200 e. The van der Waals surface area contributed by atoms with E-state index in [1.165, 1.54) is 5.56 Å². The van der Waals surface area contributed by atoms with Crippen molar-refractivity contribution in [3.63, 3.8) is 0 Å². The van der Waals surface area contributed by atoms with Crippen molar-refractivity contribution in [2.24, 2.45) is 0 Å². The van der Waals surface area contributed by atoms with Gasteiger partial charge in [-0.25, -0.2) is 4.39 Å². The summed E-state index contributed by atoms with van der Waals surface area (Å²) < 4.78 is 16.3. The molecule has 122 valence electrons. The van der Waals surface area contributed by atoms with Gasteiger partial charge in [0.2, 0.25) is 11.9 Å². The van der Waals surface area contributed by atoms with Gasteiger partial charge in [0.25, 0.3) is 0 Å². The summed E-state index contributed by atoms with van der Waals surface area (Å²) in [5.74, 6) is 0.479. The first-order valence-electron chi connectivity index (χ1n) is 8.23. The summed E-state index contributed by atoms with van der Waals surface area (Å²) in [6, 6.07) is 6.30. The summed E-state index contributed by atoms with van der Waals surface area (Å²) in [7, 11) is 0. The standard InChI is InChI=1S/C21H27FN/c1-13(2)17-8-9-21(18(10-17)14(3)4)23-11-19(15(5)6)16(7)20(22)12-23/h8-12,14-15H,1H2,2-7H3/q+1. The fourth-order valence-electron chi connectivity index (χ4n) is 2.88. The Balaban J connectivity index is 2.69. The van der Waals surface area contributed by atoms with E-state index < -0.39 is 0 Å². The van der Waals surface area contributed by atoms with Crippen LogP contribution in [0.5, 0.6) is 0 Å². The molecule has 2 heteroatoms. The van der Waals surface area contributed by atoms with Crippen LogP contribution in [-0.4, -0.2) is 0 Å². The normalized spacial score (nSPS) is 11.3. The van der Waals surface area contributed by atoms with Crippen LogP contribution >= 0.6 is 0 Å². The molecule has 0 fully saturated rings. The summed E-state index contributed by atoms with van der Waals surface area (Å²) in [5.41, 5.74) is 6.19. The lowest BCUT2D eigenvalue weighted by atomic mass is 9.95. The molecule has 23 heavy (non-hydrogen) atoms. The quantitative estimate of drug-likeness (QED) is 0.638. The molecule has 0 unspecified atom stereocenters. The number of benzene rings is 1. The summed E-state index contributed by atoms with van der Waals surface area (Å²) in [6.45, 7) is 16.4. The molecule has 2 aromatic rings. The van der Waals surface area contributed by atoms with Gasteiger partial charge in [-0.15, -0.1) is 0 Å². The highest BCUT2D eigenvalue weighted by molar-refractivity contribution is 5.63. The molecule has 0 atom stereocenters. The largest absolute Gasteiger partial charge is 0.214 e. The van der Waals surface area contributed by atoms with Crippen LogP contribution in [0.1, 0.15) is 68.7 Å². The molecule has 0 aliphatic carbocycles. The van der Waals surface area contributed by atoms with Gasteiger partial charge in [-0.3, -0.25) is 0 Å². The number of hydrogen-bond acceptors (Lipinski definition) is 0. The molecule has 1 aromatic carbocycles. The first kappa shape index (κ1) is 17.4. The highest BCUT2D eigenvalue weighted by Crippen LogP contribution is 2.26. The Morgan fingerprint density at radius 3 is 2.17 bits per heavy atom. The SMILES string of the molecule is C=C(C)c1ccc(-[n+]2cc(F)c(C)c(C(C)C)c2)c(C(C)C)c1. The summed E-state index contributed by atoms with van der Waals surface area (Å²) in [6.07, 6.45) is 3.65. The van der Waals surface area contributed by atoms with Gasteiger partial charge < -0.3 is 0 Å². The Morgan fingerprint density at radius 1 is 1.04 bits per heavy atom. The van der Waals surface area contributed by atoms with E-state index in [0.29, 0.717) is 5.92 Å². The third-order valence-corrected chi connectivity index (χ3v) is 4.36. The smallest absolute Gasteiger partial charge is 0.200 e. The fourth-order valence-corrected chi connectivity index (χ4v) is 2.88. The van der Waals surface area contributed by atoms with Crippen LogP contribution in [0.25, 0.3) is 11.3 Å². The zero-order valence-corrected chi connectivity index (χ0v) is 15.1. The average molecular weight is 312 g/mol. The lowest BCUT2D eigenvalue weighted by Gasteiger charge is -2.13. The first-order chi connectivity index (χ1) is 10.7. The summed E-state index contributed by atoms with van der Waals surface area (Å²) in [5, 5.41) is 0. The number of aromatic nitrogens is 1. The van der Waals surface area contributed by atoms with Crippen LogP contribution < -0.4 is 4.57 Å².